The first-order valence-corrected chi connectivity index (χ1v) is 7.30. The van der Waals surface area contributed by atoms with E-state index in [4.69, 9.17) is 17.3 Å². The molecule has 92 valence electrons. The fourth-order valence-electron chi connectivity index (χ4n) is 1.10. The highest BCUT2D eigenvalue weighted by Crippen LogP contribution is 2.20. The van der Waals surface area contributed by atoms with E-state index in [1.54, 1.807) is 0 Å². The molecular formula is C13H22ClNS. The molecule has 0 fully saturated rings. The van der Waals surface area contributed by atoms with Crippen molar-refractivity contribution in [3.8, 4) is 0 Å². The molecule has 0 amide bonds. The van der Waals surface area contributed by atoms with Crippen molar-refractivity contribution in [3.05, 3.63) is 34.3 Å². The van der Waals surface area contributed by atoms with E-state index in [1.807, 2.05) is 38.6 Å². The van der Waals surface area contributed by atoms with Crippen molar-refractivity contribution in [3.63, 3.8) is 0 Å². The van der Waals surface area contributed by atoms with Crippen molar-refractivity contribution < 1.29 is 0 Å². The number of halogens is 1. The van der Waals surface area contributed by atoms with Gasteiger partial charge < -0.3 is 5.73 Å². The summed E-state index contributed by atoms with van der Waals surface area (Å²) in [6.07, 6.45) is 1.09. The van der Waals surface area contributed by atoms with Crippen molar-refractivity contribution in [1.29, 1.82) is 0 Å². The van der Waals surface area contributed by atoms with E-state index in [9.17, 15) is 0 Å². The number of benzene rings is 1. The van der Waals surface area contributed by atoms with Crippen LogP contribution in [-0.2, 0) is 5.75 Å². The lowest BCUT2D eigenvalue weighted by molar-refractivity contribution is 0.943. The van der Waals surface area contributed by atoms with Gasteiger partial charge in [-0.05, 0) is 42.8 Å². The third-order valence-corrected chi connectivity index (χ3v) is 3.52. The molecule has 1 rings (SSSR count). The summed E-state index contributed by atoms with van der Waals surface area (Å²) in [6, 6.07) is 6.25. The minimum absolute atomic E-state index is 0.779. The molecule has 2 N–H and O–H groups in total. The topological polar surface area (TPSA) is 26.0 Å². The van der Waals surface area contributed by atoms with Gasteiger partial charge in [0.05, 0.1) is 0 Å². The molecule has 1 nitrogen and oxygen atoms in total. The second kappa shape index (κ2) is 10.0. The van der Waals surface area contributed by atoms with Crippen LogP contribution in [0.15, 0.2) is 18.2 Å². The van der Waals surface area contributed by atoms with E-state index in [0.717, 1.165) is 35.1 Å². The summed E-state index contributed by atoms with van der Waals surface area (Å²) < 4.78 is 0. The van der Waals surface area contributed by atoms with E-state index >= 15 is 0 Å². The van der Waals surface area contributed by atoms with Crippen LogP contribution in [-0.4, -0.2) is 12.3 Å². The molecule has 1 aromatic carbocycles. The summed E-state index contributed by atoms with van der Waals surface area (Å²) in [4.78, 5) is 0. The summed E-state index contributed by atoms with van der Waals surface area (Å²) in [5.74, 6) is 2.15. The van der Waals surface area contributed by atoms with Gasteiger partial charge in [0.2, 0.25) is 0 Å². The highest BCUT2D eigenvalue weighted by Gasteiger charge is 1.97. The van der Waals surface area contributed by atoms with E-state index in [0.29, 0.717) is 0 Å². The highest BCUT2D eigenvalue weighted by molar-refractivity contribution is 7.98. The summed E-state index contributed by atoms with van der Waals surface area (Å²) in [5, 5.41) is 0.863. The Hall–Kier alpha value is -0.180. The molecule has 0 saturated heterocycles. The normalized spacial score (nSPS) is 9.56. The largest absolute Gasteiger partial charge is 0.330 e. The Morgan fingerprint density at radius 2 is 2.00 bits per heavy atom. The Labute approximate surface area is 109 Å². The number of thioether (sulfide) groups is 1. The van der Waals surface area contributed by atoms with Crippen LogP contribution in [0.1, 0.15) is 31.4 Å². The molecule has 0 unspecified atom stereocenters. The van der Waals surface area contributed by atoms with Gasteiger partial charge in [-0.25, -0.2) is 0 Å². The SMILES string of the molecule is CC.Cc1ccc(CSCCCN)cc1Cl. The second-order valence-corrected chi connectivity index (χ2v) is 4.79. The summed E-state index contributed by atoms with van der Waals surface area (Å²) in [7, 11) is 0. The van der Waals surface area contributed by atoms with E-state index < -0.39 is 0 Å². The van der Waals surface area contributed by atoms with E-state index in [-0.39, 0.29) is 0 Å². The zero-order valence-corrected chi connectivity index (χ0v) is 12.0. The van der Waals surface area contributed by atoms with Crippen molar-refractivity contribution >= 4 is 23.4 Å². The molecule has 0 aliphatic rings. The molecule has 0 spiro atoms. The van der Waals surface area contributed by atoms with Crippen molar-refractivity contribution in [1.82, 2.24) is 0 Å². The van der Waals surface area contributed by atoms with Gasteiger partial charge in [0.1, 0.15) is 0 Å². The summed E-state index contributed by atoms with van der Waals surface area (Å²) >= 11 is 7.93. The van der Waals surface area contributed by atoms with Crippen molar-refractivity contribution in [2.24, 2.45) is 5.73 Å². The first kappa shape index (κ1) is 15.8. The molecular weight excluding hydrogens is 238 g/mol. The smallest absolute Gasteiger partial charge is 0.0438 e. The Kier molecular flexibility index (Phi) is 9.89. The molecule has 0 aromatic heterocycles. The zero-order chi connectivity index (χ0) is 12.4. The Bertz CT molecular complexity index is 289. The lowest BCUT2D eigenvalue weighted by atomic mass is 10.2. The number of rotatable bonds is 5. The number of nitrogens with two attached hydrogens (primary N) is 1. The summed E-state index contributed by atoms with van der Waals surface area (Å²) in [5.41, 5.74) is 7.85. The van der Waals surface area contributed by atoms with Gasteiger partial charge >= 0.3 is 0 Å². The maximum atomic E-state index is 6.02. The molecule has 16 heavy (non-hydrogen) atoms. The van der Waals surface area contributed by atoms with Crippen LogP contribution >= 0.6 is 23.4 Å². The second-order valence-electron chi connectivity index (χ2n) is 3.28. The molecule has 1 aromatic rings. The molecule has 0 radical (unpaired) electrons. The highest BCUT2D eigenvalue weighted by atomic mass is 35.5. The van der Waals surface area contributed by atoms with Gasteiger partial charge in [0.15, 0.2) is 0 Å². The monoisotopic (exact) mass is 259 g/mol. The third-order valence-electron chi connectivity index (χ3n) is 2.00. The predicted molar refractivity (Wildman–Crippen MR) is 77.4 cm³/mol. The van der Waals surface area contributed by atoms with Crippen LogP contribution in [0.25, 0.3) is 0 Å². The molecule has 0 aliphatic carbocycles. The van der Waals surface area contributed by atoms with Crippen molar-refractivity contribution in [2.45, 2.75) is 32.9 Å². The first-order chi connectivity index (χ1) is 7.74. The van der Waals surface area contributed by atoms with Crippen LogP contribution in [0.3, 0.4) is 0 Å². The van der Waals surface area contributed by atoms with Gasteiger partial charge in [-0.3, -0.25) is 0 Å². The average Bonchev–Trinajstić information content (AvgIpc) is 2.32. The first-order valence-electron chi connectivity index (χ1n) is 5.77. The quantitative estimate of drug-likeness (QED) is 0.800. The lowest BCUT2D eigenvalue weighted by Crippen LogP contribution is -1.99. The van der Waals surface area contributed by atoms with Crippen LogP contribution in [0, 0.1) is 6.92 Å². The molecule has 3 heteroatoms. The fraction of sp³-hybridized carbons (Fsp3) is 0.538. The number of hydrogen-bond acceptors (Lipinski definition) is 2. The van der Waals surface area contributed by atoms with Crippen molar-refractivity contribution in [2.75, 3.05) is 12.3 Å². The number of hydrogen-bond donors (Lipinski definition) is 1. The van der Waals surface area contributed by atoms with E-state index in [1.165, 1.54) is 5.56 Å². The summed E-state index contributed by atoms with van der Waals surface area (Å²) in [6.45, 7) is 6.80. The zero-order valence-electron chi connectivity index (χ0n) is 10.4. The average molecular weight is 260 g/mol. The van der Waals surface area contributed by atoms with Gasteiger partial charge in [-0.15, -0.1) is 0 Å². The Balaban J connectivity index is 0.00000106. The van der Waals surface area contributed by atoms with Gasteiger partial charge in [0.25, 0.3) is 0 Å². The molecule has 0 saturated carbocycles. The predicted octanol–water partition coefficient (Wildman–Crippen LogP) is 4.26. The van der Waals surface area contributed by atoms with E-state index in [2.05, 4.69) is 12.1 Å². The third kappa shape index (κ3) is 6.41. The minimum atomic E-state index is 0.779. The molecule has 0 atom stereocenters. The van der Waals surface area contributed by atoms with Crippen LogP contribution in [0.4, 0.5) is 0 Å². The van der Waals surface area contributed by atoms with Crippen LogP contribution in [0.2, 0.25) is 5.02 Å². The molecule has 0 heterocycles. The minimum Gasteiger partial charge on any atom is -0.330 e. The lowest BCUT2D eigenvalue weighted by Gasteiger charge is -2.03. The van der Waals surface area contributed by atoms with Crippen LogP contribution in [0.5, 0.6) is 0 Å². The standard InChI is InChI=1S/C11H16ClNS.C2H6/c1-9-3-4-10(7-11(9)12)8-14-6-2-5-13;1-2/h3-4,7H,2,5-6,8,13H2,1H3;1-2H3. The molecule has 0 bridgehead atoms. The van der Waals surface area contributed by atoms with Gasteiger partial charge in [-0.2, -0.15) is 11.8 Å². The Morgan fingerprint density at radius 3 is 2.56 bits per heavy atom. The van der Waals surface area contributed by atoms with Gasteiger partial charge in [0, 0.05) is 10.8 Å². The fourth-order valence-corrected chi connectivity index (χ4v) is 2.24. The maximum absolute atomic E-state index is 6.02. The van der Waals surface area contributed by atoms with Gasteiger partial charge in [-0.1, -0.05) is 37.6 Å². The number of aryl methyl sites for hydroxylation is 1. The molecule has 0 aliphatic heterocycles. The maximum Gasteiger partial charge on any atom is 0.0438 e. The Morgan fingerprint density at radius 1 is 1.31 bits per heavy atom. The van der Waals surface area contributed by atoms with Crippen LogP contribution < -0.4 is 5.73 Å².